The second-order valence-corrected chi connectivity index (χ2v) is 5.18. The molecule has 0 aliphatic heterocycles. The van der Waals surface area contributed by atoms with E-state index in [4.69, 9.17) is 4.42 Å². The highest BCUT2D eigenvalue weighted by atomic mass is 16.3. The fraction of sp³-hybridized carbons (Fsp3) is 0.600. The Balaban J connectivity index is 1.75. The Morgan fingerprint density at radius 2 is 2.19 bits per heavy atom. The van der Waals surface area contributed by atoms with E-state index >= 15 is 0 Å². The third-order valence-corrected chi connectivity index (χ3v) is 3.46. The number of furan rings is 1. The monoisotopic (exact) mass is 292 g/mol. The van der Waals surface area contributed by atoms with Crippen LogP contribution >= 0.6 is 0 Å². The van der Waals surface area contributed by atoms with Crippen LogP contribution in [0.4, 0.5) is 0 Å². The summed E-state index contributed by atoms with van der Waals surface area (Å²) in [5.41, 5.74) is 0. The molecule has 0 spiro atoms. The second-order valence-electron chi connectivity index (χ2n) is 5.18. The summed E-state index contributed by atoms with van der Waals surface area (Å²) in [6.45, 7) is 3.31. The van der Waals surface area contributed by atoms with Crippen molar-refractivity contribution in [3.8, 4) is 0 Å². The van der Waals surface area contributed by atoms with Gasteiger partial charge in [-0.2, -0.15) is 0 Å². The van der Waals surface area contributed by atoms with Gasteiger partial charge in [-0.05, 0) is 31.9 Å². The van der Waals surface area contributed by atoms with Gasteiger partial charge < -0.3 is 20.4 Å². The fourth-order valence-corrected chi connectivity index (χ4v) is 2.39. The predicted octanol–water partition coefficient (Wildman–Crippen LogP) is 1.39. The smallest absolute Gasteiger partial charge is 0.242 e. The first-order valence-corrected chi connectivity index (χ1v) is 7.62. The number of carbonyl (C=O) groups excluding carboxylic acids is 1. The maximum atomic E-state index is 11.8. The van der Waals surface area contributed by atoms with E-state index in [0.717, 1.165) is 18.3 Å². The molecule has 6 nitrogen and oxygen atoms in total. The third kappa shape index (κ3) is 5.49. The summed E-state index contributed by atoms with van der Waals surface area (Å²) in [5, 5.41) is 9.34. The summed E-state index contributed by atoms with van der Waals surface area (Å²) >= 11 is 0. The normalized spacial score (nSPS) is 16.0. The van der Waals surface area contributed by atoms with Crippen LogP contribution in [0.3, 0.4) is 0 Å². The molecule has 0 saturated heterocycles. The summed E-state index contributed by atoms with van der Waals surface area (Å²) in [7, 11) is 0. The first-order valence-electron chi connectivity index (χ1n) is 7.62. The lowest BCUT2D eigenvalue weighted by atomic mass is 10.2. The van der Waals surface area contributed by atoms with Crippen LogP contribution in [0, 0.1) is 0 Å². The quantitative estimate of drug-likeness (QED) is 0.547. The van der Waals surface area contributed by atoms with Crippen LogP contribution in [0.1, 0.15) is 38.4 Å². The molecule has 116 valence electrons. The molecular formula is C15H24N4O2. The van der Waals surface area contributed by atoms with Gasteiger partial charge >= 0.3 is 0 Å². The Kier molecular flexibility index (Phi) is 6.12. The van der Waals surface area contributed by atoms with E-state index < -0.39 is 0 Å². The molecule has 1 aliphatic carbocycles. The zero-order valence-electron chi connectivity index (χ0n) is 12.5. The van der Waals surface area contributed by atoms with Gasteiger partial charge in [-0.1, -0.05) is 12.8 Å². The van der Waals surface area contributed by atoms with Gasteiger partial charge in [0, 0.05) is 12.6 Å². The van der Waals surface area contributed by atoms with E-state index in [1.165, 1.54) is 25.7 Å². The van der Waals surface area contributed by atoms with Crippen molar-refractivity contribution in [3.63, 3.8) is 0 Å². The number of aliphatic imine (C=N–C) groups is 1. The Morgan fingerprint density at radius 3 is 2.86 bits per heavy atom. The van der Waals surface area contributed by atoms with Crippen molar-refractivity contribution in [3.05, 3.63) is 24.2 Å². The van der Waals surface area contributed by atoms with E-state index in [0.29, 0.717) is 12.6 Å². The molecule has 1 fully saturated rings. The minimum Gasteiger partial charge on any atom is -0.467 e. The highest BCUT2D eigenvalue weighted by Gasteiger charge is 2.15. The topological polar surface area (TPSA) is 78.7 Å². The largest absolute Gasteiger partial charge is 0.467 e. The maximum absolute atomic E-state index is 11.8. The predicted molar refractivity (Wildman–Crippen MR) is 81.9 cm³/mol. The minimum absolute atomic E-state index is 0.114. The van der Waals surface area contributed by atoms with Crippen LogP contribution < -0.4 is 16.0 Å². The number of hydrogen-bond donors (Lipinski definition) is 3. The van der Waals surface area contributed by atoms with Crippen molar-refractivity contribution in [2.75, 3.05) is 13.1 Å². The zero-order chi connectivity index (χ0) is 14.9. The highest BCUT2D eigenvalue weighted by molar-refractivity contribution is 5.85. The van der Waals surface area contributed by atoms with Crippen molar-refractivity contribution in [2.45, 2.75) is 45.2 Å². The molecule has 1 heterocycles. The van der Waals surface area contributed by atoms with Crippen LogP contribution in [0.15, 0.2) is 27.8 Å². The molecule has 1 aromatic rings. The highest BCUT2D eigenvalue weighted by Crippen LogP contribution is 2.17. The molecule has 0 unspecified atom stereocenters. The standard InChI is InChI=1S/C15H24N4O2/c1-2-16-15(19-12-6-3-4-7-12)18-11-14(20)17-10-13-8-5-9-21-13/h5,8-9,12H,2-4,6-7,10-11H2,1H3,(H,17,20)(H2,16,18,19). The van der Waals surface area contributed by atoms with Crippen molar-refractivity contribution in [1.29, 1.82) is 0 Å². The molecule has 1 saturated carbocycles. The summed E-state index contributed by atoms with van der Waals surface area (Å²) < 4.78 is 5.16. The Morgan fingerprint density at radius 1 is 1.38 bits per heavy atom. The first kappa shape index (κ1) is 15.4. The lowest BCUT2D eigenvalue weighted by Gasteiger charge is -2.16. The van der Waals surface area contributed by atoms with Gasteiger partial charge in [0.15, 0.2) is 5.96 Å². The summed E-state index contributed by atoms with van der Waals surface area (Å²) in [4.78, 5) is 16.1. The molecule has 0 radical (unpaired) electrons. The minimum atomic E-state index is -0.116. The molecule has 0 bridgehead atoms. The van der Waals surface area contributed by atoms with E-state index in [1.807, 2.05) is 13.0 Å². The lowest BCUT2D eigenvalue weighted by molar-refractivity contribution is -0.119. The van der Waals surface area contributed by atoms with Crippen molar-refractivity contribution in [1.82, 2.24) is 16.0 Å². The molecule has 1 amide bonds. The van der Waals surface area contributed by atoms with Gasteiger partial charge in [-0.25, -0.2) is 4.99 Å². The first-order chi connectivity index (χ1) is 10.3. The van der Waals surface area contributed by atoms with Crippen molar-refractivity contribution >= 4 is 11.9 Å². The zero-order valence-corrected chi connectivity index (χ0v) is 12.5. The molecular weight excluding hydrogens is 268 g/mol. The van der Waals surface area contributed by atoms with Gasteiger partial charge in [0.05, 0.1) is 12.8 Å². The average molecular weight is 292 g/mol. The SMILES string of the molecule is CCNC(=NCC(=O)NCc1ccco1)NC1CCCC1. The average Bonchev–Trinajstić information content (AvgIpc) is 3.16. The molecule has 21 heavy (non-hydrogen) atoms. The third-order valence-electron chi connectivity index (χ3n) is 3.46. The number of nitrogens with one attached hydrogen (secondary N) is 3. The van der Waals surface area contributed by atoms with E-state index in [2.05, 4.69) is 20.9 Å². The van der Waals surface area contributed by atoms with Gasteiger partial charge in [-0.15, -0.1) is 0 Å². The lowest BCUT2D eigenvalue weighted by Crippen LogP contribution is -2.43. The van der Waals surface area contributed by atoms with Crippen molar-refractivity contribution in [2.24, 2.45) is 4.99 Å². The van der Waals surface area contributed by atoms with E-state index in [9.17, 15) is 4.79 Å². The number of rotatable bonds is 6. The number of guanidine groups is 1. The van der Waals surface area contributed by atoms with Crippen LogP contribution in [0.25, 0.3) is 0 Å². The Labute approximate surface area is 125 Å². The summed E-state index contributed by atoms with van der Waals surface area (Å²) in [6.07, 6.45) is 6.47. The molecule has 0 atom stereocenters. The molecule has 6 heteroatoms. The van der Waals surface area contributed by atoms with Crippen LogP contribution in [0.2, 0.25) is 0 Å². The fourth-order valence-electron chi connectivity index (χ4n) is 2.39. The molecule has 3 N–H and O–H groups in total. The summed E-state index contributed by atoms with van der Waals surface area (Å²) in [5.74, 6) is 1.34. The summed E-state index contributed by atoms with van der Waals surface area (Å²) in [6, 6.07) is 4.11. The number of hydrogen-bond acceptors (Lipinski definition) is 3. The van der Waals surface area contributed by atoms with Crippen LogP contribution in [-0.2, 0) is 11.3 Å². The van der Waals surface area contributed by atoms with Gasteiger partial charge in [0.1, 0.15) is 12.3 Å². The van der Waals surface area contributed by atoms with Gasteiger partial charge in [0.25, 0.3) is 0 Å². The second kappa shape index (κ2) is 8.34. The maximum Gasteiger partial charge on any atom is 0.242 e. The molecule has 1 aromatic heterocycles. The molecule has 2 rings (SSSR count). The van der Waals surface area contributed by atoms with Crippen LogP contribution in [0.5, 0.6) is 0 Å². The van der Waals surface area contributed by atoms with E-state index in [-0.39, 0.29) is 12.5 Å². The van der Waals surface area contributed by atoms with Gasteiger partial charge in [-0.3, -0.25) is 4.79 Å². The van der Waals surface area contributed by atoms with E-state index in [1.54, 1.807) is 12.3 Å². The Hall–Kier alpha value is -1.98. The van der Waals surface area contributed by atoms with Gasteiger partial charge in [0.2, 0.25) is 5.91 Å². The van der Waals surface area contributed by atoms with Crippen molar-refractivity contribution < 1.29 is 9.21 Å². The Bertz CT molecular complexity index is 450. The number of amides is 1. The number of carbonyl (C=O) groups is 1. The molecule has 0 aromatic carbocycles. The number of nitrogens with zero attached hydrogens (tertiary/aromatic N) is 1. The molecule has 1 aliphatic rings. The van der Waals surface area contributed by atoms with Crippen LogP contribution in [-0.4, -0.2) is 31.0 Å².